The molecule has 1 aromatic carbocycles. The van der Waals surface area contributed by atoms with E-state index in [9.17, 15) is 8.78 Å². The molecule has 2 aliphatic rings. The standard InChI is InChI=1S/C21H32F2N4O/c1-3-24-20(26-16(2)17-6-7-18(22)19(23)14-17)25-15-21(8-12-28-13-9-21)27-10-4-5-11-27/h6-7,14,16H,3-5,8-13,15H2,1-2H3,(H2,24,25,26). The number of nitrogens with one attached hydrogen (secondary N) is 2. The summed E-state index contributed by atoms with van der Waals surface area (Å²) in [6.07, 6.45) is 4.48. The number of hydrogen-bond acceptors (Lipinski definition) is 3. The summed E-state index contributed by atoms with van der Waals surface area (Å²) in [5.41, 5.74) is 0.743. The molecular weight excluding hydrogens is 362 g/mol. The van der Waals surface area contributed by atoms with E-state index in [0.29, 0.717) is 18.1 Å². The quantitative estimate of drug-likeness (QED) is 0.575. The number of halogens is 2. The summed E-state index contributed by atoms with van der Waals surface area (Å²) < 4.78 is 32.4. The van der Waals surface area contributed by atoms with Crippen LogP contribution in [0.1, 0.15) is 51.1 Å². The zero-order valence-electron chi connectivity index (χ0n) is 16.9. The lowest BCUT2D eigenvalue weighted by atomic mass is 9.88. The van der Waals surface area contributed by atoms with E-state index in [1.165, 1.54) is 18.9 Å². The Labute approximate surface area is 166 Å². The van der Waals surface area contributed by atoms with Crippen molar-refractivity contribution < 1.29 is 13.5 Å². The monoisotopic (exact) mass is 394 g/mol. The first-order chi connectivity index (χ1) is 13.5. The summed E-state index contributed by atoms with van der Waals surface area (Å²) in [5.74, 6) is -0.961. The molecule has 2 heterocycles. The lowest BCUT2D eigenvalue weighted by molar-refractivity contribution is -0.0139. The minimum absolute atomic E-state index is 0.0579. The van der Waals surface area contributed by atoms with Crippen LogP contribution in [-0.2, 0) is 4.74 Å². The molecule has 28 heavy (non-hydrogen) atoms. The molecule has 0 radical (unpaired) electrons. The van der Waals surface area contributed by atoms with Crippen molar-refractivity contribution >= 4 is 5.96 Å². The van der Waals surface area contributed by atoms with Gasteiger partial charge in [0.05, 0.1) is 12.6 Å². The van der Waals surface area contributed by atoms with Crippen LogP contribution in [0.2, 0.25) is 0 Å². The molecule has 2 fully saturated rings. The van der Waals surface area contributed by atoms with E-state index in [1.54, 1.807) is 6.07 Å². The molecule has 0 spiro atoms. The first-order valence-corrected chi connectivity index (χ1v) is 10.4. The molecule has 1 unspecified atom stereocenters. The fourth-order valence-electron chi connectivity index (χ4n) is 4.13. The van der Waals surface area contributed by atoms with Gasteiger partial charge in [0.25, 0.3) is 0 Å². The largest absolute Gasteiger partial charge is 0.381 e. The lowest BCUT2D eigenvalue weighted by Crippen LogP contribution is -2.54. The summed E-state index contributed by atoms with van der Waals surface area (Å²) in [7, 11) is 0. The summed E-state index contributed by atoms with van der Waals surface area (Å²) >= 11 is 0. The number of nitrogens with zero attached hydrogens (tertiary/aromatic N) is 2. The van der Waals surface area contributed by atoms with E-state index in [1.807, 2.05) is 13.8 Å². The maximum Gasteiger partial charge on any atom is 0.191 e. The van der Waals surface area contributed by atoms with Gasteiger partial charge in [-0.1, -0.05) is 6.07 Å². The Bertz CT molecular complexity index is 670. The Morgan fingerprint density at radius 2 is 1.93 bits per heavy atom. The van der Waals surface area contributed by atoms with E-state index in [-0.39, 0.29) is 11.6 Å². The highest BCUT2D eigenvalue weighted by Gasteiger charge is 2.39. The van der Waals surface area contributed by atoms with Crippen molar-refractivity contribution in [3.05, 3.63) is 35.4 Å². The average molecular weight is 395 g/mol. The molecule has 2 aliphatic heterocycles. The summed E-state index contributed by atoms with van der Waals surface area (Å²) in [6.45, 7) is 9.19. The smallest absolute Gasteiger partial charge is 0.191 e. The molecule has 5 nitrogen and oxygen atoms in total. The number of benzene rings is 1. The van der Waals surface area contributed by atoms with Crippen molar-refractivity contribution in [2.24, 2.45) is 4.99 Å². The molecule has 1 aromatic rings. The third-order valence-electron chi connectivity index (χ3n) is 5.87. The van der Waals surface area contributed by atoms with Crippen LogP contribution >= 0.6 is 0 Å². The lowest BCUT2D eigenvalue weighted by Gasteiger charge is -2.43. The topological polar surface area (TPSA) is 48.9 Å². The molecular formula is C21H32F2N4O. The van der Waals surface area contributed by atoms with Crippen molar-refractivity contribution in [3.63, 3.8) is 0 Å². The maximum absolute atomic E-state index is 13.6. The molecule has 3 rings (SSSR count). The second-order valence-electron chi connectivity index (χ2n) is 7.77. The number of rotatable bonds is 6. The van der Waals surface area contributed by atoms with E-state index in [2.05, 4.69) is 15.5 Å². The Hall–Kier alpha value is -1.73. The number of ether oxygens (including phenoxy) is 1. The van der Waals surface area contributed by atoms with Crippen LogP contribution < -0.4 is 10.6 Å². The maximum atomic E-state index is 13.6. The molecule has 0 amide bonds. The highest BCUT2D eigenvalue weighted by Crippen LogP contribution is 2.31. The SMILES string of the molecule is CCNC(=NCC1(N2CCCC2)CCOCC1)NC(C)c1ccc(F)c(F)c1. The third-order valence-corrected chi connectivity index (χ3v) is 5.87. The molecule has 2 N–H and O–H groups in total. The van der Waals surface area contributed by atoms with Crippen molar-refractivity contribution in [3.8, 4) is 0 Å². The first kappa shape index (κ1) is 21.0. The molecule has 156 valence electrons. The summed E-state index contributed by atoms with van der Waals surface area (Å²) in [5, 5.41) is 6.61. The van der Waals surface area contributed by atoms with E-state index in [0.717, 1.165) is 51.8 Å². The van der Waals surface area contributed by atoms with Gasteiger partial charge in [0.1, 0.15) is 0 Å². The highest BCUT2D eigenvalue weighted by atomic mass is 19.2. The number of hydrogen-bond donors (Lipinski definition) is 2. The predicted molar refractivity (Wildman–Crippen MR) is 107 cm³/mol. The molecule has 1 atom stereocenters. The van der Waals surface area contributed by atoms with Gasteiger partial charge in [-0.15, -0.1) is 0 Å². The Morgan fingerprint density at radius 3 is 2.57 bits per heavy atom. The second-order valence-corrected chi connectivity index (χ2v) is 7.77. The summed E-state index contributed by atoms with van der Waals surface area (Å²) in [6, 6.07) is 3.81. The molecule has 0 aromatic heterocycles. The van der Waals surface area contributed by atoms with Crippen LogP contribution in [0.15, 0.2) is 23.2 Å². The van der Waals surface area contributed by atoms with Gasteiger partial charge in [-0.3, -0.25) is 9.89 Å². The van der Waals surface area contributed by atoms with Gasteiger partial charge in [-0.2, -0.15) is 0 Å². The van der Waals surface area contributed by atoms with Crippen molar-refractivity contribution in [1.29, 1.82) is 0 Å². The number of guanidine groups is 1. The van der Waals surface area contributed by atoms with Crippen molar-refractivity contribution in [2.75, 3.05) is 39.4 Å². The number of aliphatic imine (C=N–C) groups is 1. The van der Waals surface area contributed by atoms with Gasteiger partial charge in [-0.25, -0.2) is 8.78 Å². The minimum Gasteiger partial charge on any atom is -0.381 e. The van der Waals surface area contributed by atoms with Crippen molar-refractivity contribution in [2.45, 2.75) is 51.1 Å². The first-order valence-electron chi connectivity index (χ1n) is 10.4. The zero-order valence-corrected chi connectivity index (χ0v) is 16.9. The third kappa shape index (κ3) is 5.00. The van der Waals surface area contributed by atoms with Crippen LogP contribution in [-0.4, -0.2) is 55.8 Å². The Balaban J connectivity index is 1.72. The molecule has 2 saturated heterocycles. The van der Waals surface area contributed by atoms with Gasteiger partial charge >= 0.3 is 0 Å². The molecule has 0 aliphatic carbocycles. The average Bonchev–Trinajstić information content (AvgIpc) is 3.25. The zero-order chi connectivity index (χ0) is 20.0. The van der Waals surface area contributed by atoms with Crippen LogP contribution in [0.3, 0.4) is 0 Å². The fraction of sp³-hybridized carbons (Fsp3) is 0.667. The van der Waals surface area contributed by atoms with E-state index in [4.69, 9.17) is 9.73 Å². The highest BCUT2D eigenvalue weighted by molar-refractivity contribution is 5.80. The normalized spacial score (nSPS) is 21.5. The van der Waals surface area contributed by atoms with Crippen LogP contribution in [0.4, 0.5) is 8.78 Å². The molecule has 0 saturated carbocycles. The van der Waals surface area contributed by atoms with Crippen molar-refractivity contribution in [1.82, 2.24) is 15.5 Å². The van der Waals surface area contributed by atoms with Gasteiger partial charge in [0, 0.05) is 25.3 Å². The van der Waals surface area contributed by atoms with Gasteiger partial charge in [0.2, 0.25) is 0 Å². The fourth-order valence-corrected chi connectivity index (χ4v) is 4.13. The van der Waals surface area contributed by atoms with Gasteiger partial charge in [0.15, 0.2) is 17.6 Å². The van der Waals surface area contributed by atoms with Crippen LogP contribution in [0.25, 0.3) is 0 Å². The molecule has 7 heteroatoms. The molecule has 0 bridgehead atoms. The van der Waals surface area contributed by atoms with Crippen LogP contribution in [0, 0.1) is 11.6 Å². The Morgan fingerprint density at radius 1 is 1.21 bits per heavy atom. The number of likely N-dealkylation sites (tertiary alicyclic amines) is 1. The predicted octanol–water partition coefficient (Wildman–Crippen LogP) is 3.23. The summed E-state index contributed by atoms with van der Waals surface area (Å²) in [4.78, 5) is 7.47. The van der Waals surface area contributed by atoms with Gasteiger partial charge in [-0.05, 0) is 70.3 Å². The van der Waals surface area contributed by atoms with Gasteiger partial charge < -0.3 is 15.4 Å². The van der Waals surface area contributed by atoms with Crippen LogP contribution in [0.5, 0.6) is 0 Å². The minimum atomic E-state index is -0.830. The van der Waals surface area contributed by atoms with E-state index < -0.39 is 11.6 Å². The Kier molecular flexibility index (Phi) is 7.24. The van der Waals surface area contributed by atoms with E-state index >= 15 is 0 Å². The second kappa shape index (κ2) is 9.65.